The highest BCUT2D eigenvalue weighted by atomic mass is 32.2. The topological polar surface area (TPSA) is 31.4 Å². The van der Waals surface area contributed by atoms with E-state index in [9.17, 15) is 0 Å². The van der Waals surface area contributed by atoms with E-state index in [2.05, 4.69) is 44.9 Å². The van der Waals surface area contributed by atoms with Gasteiger partial charge in [0.1, 0.15) is 0 Å². The molecule has 2 saturated heterocycles. The minimum absolute atomic E-state index is 0.662. The summed E-state index contributed by atoms with van der Waals surface area (Å²) in [5, 5.41) is 4.86. The lowest BCUT2D eigenvalue weighted by Crippen LogP contribution is -2.51. The number of nitrogens with zero attached hydrogens (tertiary/aromatic N) is 3. The molecule has 2 bridgehead atoms. The third kappa shape index (κ3) is 3.21. The fourth-order valence-electron chi connectivity index (χ4n) is 4.21. The lowest BCUT2D eigenvalue weighted by atomic mass is 10.2. The Morgan fingerprint density at radius 1 is 1.16 bits per heavy atom. The zero-order valence-corrected chi connectivity index (χ0v) is 16.0. The summed E-state index contributed by atoms with van der Waals surface area (Å²) in [6.45, 7) is 4.41. The highest BCUT2D eigenvalue weighted by Crippen LogP contribution is 2.38. The minimum atomic E-state index is 0.662. The molecule has 5 rings (SSSR count). The highest BCUT2D eigenvalue weighted by molar-refractivity contribution is 7.96. The van der Waals surface area contributed by atoms with Gasteiger partial charge in [0.25, 0.3) is 0 Å². The fourth-order valence-corrected chi connectivity index (χ4v) is 6.52. The smallest absolute Gasteiger partial charge is 0.186 e. The zero-order chi connectivity index (χ0) is 16.6. The number of benzene rings is 1. The number of fused-ring (bicyclic) bond motifs is 3. The molecule has 2 unspecified atom stereocenters. The van der Waals surface area contributed by atoms with Crippen molar-refractivity contribution in [2.24, 2.45) is 0 Å². The highest BCUT2D eigenvalue weighted by Gasteiger charge is 2.38. The predicted octanol–water partition coefficient (Wildman–Crippen LogP) is 3.29. The second-order valence-corrected chi connectivity index (χ2v) is 9.31. The van der Waals surface area contributed by atoms with E-state index < -0.39 is 0 Å². The molecular weight excluding hydrogens is 348 g/mol. The van der Waals surface area contributed by atoms with Crippen molar-refractivity contribution in [1.82, 2.24) is 14.6 Å². The quantitative estimate of drug-likeness (QED) is 0.833. The van der Waals surface area contributed by atoms with Crippen LogP contribution in [0.15, 0.2) is 30.3 Å². The van der Waals surface area contributed by atoms with E-state index in [4.69, 9.17) is 4.98 Å². The van der Waals surface area contributed by atoms with Crippen LogP contribution in [-0.2, 0) is 18.7 Å². The average Bonchev–Trinajstić information content (AvgIpc) is 3.17. The second-order valence-electron chi connectivity index (χ2n) is 7.19. The first-order chi connectivity index (χ1) is 12.4. The second kappa shape index (κ2) is 6.91. The van der Waals surface area contributed by atoms with E-state index in [1.54, 1.807) is 0 Å². The van der Waals surface area contributed by atoms with Gasteiger partial charge < -0.3 is 10.2 Å². The van der Waals surface area contributed by atoms with Crippen LogP contribution in [0.4, 0.5) is 5.13 Å². The Balaban J connectivity index is 1.27. The Kier molecular flexibility index (Phi) is 4.46. The molecule has 2 aromatic rings. The molecule has 4 heterocycles. The molecule has 0 radical (unpaired) electrons. The fraction of sp³-hybridized carbons (Fsp3) is 0.526. The molecule has 1 aromatic heterocycles. The van der Waals surface area contributed by atoms with Gasteiger partial charge in [-0.05, 0) is 18.4 Å². The SMILES string of the molecule is c1ccc(CSN2CCc3nc(N4C5CCC4CNC5)sc3C2)cc1. The molecule has 0 saturated carbocycles. The van der Waals surface area contributed by atoms with Gasteiger partial charge in [0.05, 0.1) is 5.69 Å². The summed E-state index contributed by atoms with van der Waals surface area (Å²) in [4.78, 5) is 9.16. The van der Waals surface area contributed by atoms with Crippen LogP contribution in [0.1, 0.15) is 29.0 Å². The van der Waals surface area contributed by atoms with Crippen LogP contribution in [0, 0.1) is 0 Å². The van der Waals surface area contributed by atoms with Crippen LogP contribution in [-0.4, -0.2) is 41.0 Å². The van der Waals surface area contributed by atoms with Gasteiger partial charge in [-0.25, -0.2) is 9.29 Å². The van der Waals surface area contributed by atoms with Crippen LogP contribution in [0.2, 0.25) is 0 Å². The summed E-state index contributed by atoms with van der Waals surface area (Å²) in [5.41, 5.74) is 2.76. The van der Waals surface area contributed by atoms with E-state index >= 15 is 0 Å². The number of hydrogen-bond acceptors (Lipinski definition) is 6. The van der Waals surface area contributed by atoms with Gasteiger partial charge in [-0.2, -0.15) is 0 Å². The standard InChI is InChI=1S/C19H24N4S2/c1-2-4-14(5-3-1)13-24-22-9-8-17-18(12-22)25-19(21-17)23-15-6-7-16(23)11-20-10-15/h1-5,15-16,20H,6-13H2. The molecule has 0 aliphatic carbocycles. The first kappa shape index (κ1) is 16.1. The molecule has 4 nitrogen and oxygen atoms in total. The summed E-state index contributed by atoms with van der Waals surface area (Å²) in [5.74, 6) is 1.06. The maximum atomic E-state index is 5.05. The van der Waals surface area contributed by atoms with Crippen molar-refractivity contribution in [2.45, 2.75) is 43.6 Å². The minimum Gasteiger partial charge on any atom is -0.340 e. The van der Waals surface area contributed by atoms with Crippen LogP contribution in [0.25, 0.3) is 0 Å². The lowest BCUT2D eigenvalue weighted by molar-refractivity contribution is 0.445. The van der Waals surface area contributed by atoms with Crippen molar-refractivity contribution in [3.05, 3.63) is 46.5 Å². The van der Waals surface area contributed by atoms with Crippen molar-refractivity contribution in [3.63, 3.8) is 0 Å². The van der Waals surface area contributed by atoms with Gasteiger partial charge >= 0.3 is 0 Å². The summed E-state index contributed by atoms with van der Waals surface area (Å²) in [7, 11) is 0. The lowest BCUT2D eigenvalue weighted by Gasteiger charge is -2.35. The number of hydrogen-bond donors (Lipinski definition) is 1. The third-order valence-corrected chi connectivity index (χ3v) is 7.78. The monoisotopic (exact) mass is 372 g/mol. The number of thiazole rings is 1. The third-order valence-electron chi connectivity index (χ3n) is 5.54. The molecule has 6 heteroatoms. The van der Waals surface area contributed by atoms with Crippen LogP contribution in [0.3, 0.4) is 0 Å². The first-order valence-electron chi connectivity index (χ1n) is 9.26. The van der Waals surface area contributed by atoms with E-state index in [1.165, 1.54) is 34.1 Å². The maximum Gasteiger partial charge on any atom is 0.186 e. The van der Waals surface area contributed by atoms with Crippen LogP contribution in [0.5, 0.6) is 0 Å². The van der Waals surface area contributed by atoms with Crippen LogP contribution >= 0.6 is 23.3 Å². The molecule has 3 aliphatic rings. The molecule has 25 heavy (non-hydrogen) atoms. The van der Waals surface area contributed by atoms with Crippen molar-refractivity contribution in [2.75, 3.05) is 24.5 Å². The predicted molar refractivity (Wildman–Crippen MR) is 106 cm³/mol. The Bertz CT molecular complexity index is 716. The van der Waals surface area contributed by atoms with Gasteiger partial charge in [0.2, 0.25) is 0 Å². The first-order valence-corrected chi connectivity index (χ1v) is 11.0. The van der Waals surface area contributed by atoms with E-state index in [0.29, 0.717) is 12.1 Å². The summed E-state index contributed by atoms with van der Waals surface area (Å²) < 4.78 is 2.52. The number of aromatic nitrogens is 1. The average molecular weight is 373 g/mol. The van der Waals surface area contributed by atoms with Crippen molar-refractivity contribution in [1.29, 1.82) is 0 Å². The molecule has 2 atom stereocenters. The van der Waals surface area contributed by atoms with Crippen molar-refractivity contribution < 1.29 is 0 Å². The van der Waals surface area contributed by atoms with Gasteiger partial charge in [0.15, 0.2) is 5.13 Å². The Labute approximate surface area is 157 Å². The summed E-state index contributed by atoms with van der Waals surface area (Å²) >= 11 is 3.91. The molecule has 2 fully saturated rings. The Morgan fingerprint density at radius 3 is 2.76 bits per heavy atom. The number of nitrogens with one attached hydrogen (secondary N) is 1. The molecule has 0 amide bonds. The zero-order valence-electron chi connectivity index (χ0n) is 14.4. The van der Waals surface area contributed by atoms with Crippen LogP contribution < -0.4 is 10.2 Å². The normalized spacial score (nSPS) is 26.0. The summed E-state index contributed by atoms with van der Waals surface area (Å²) in [6, 6.07) is 12.1. The molecule has 1 aromatic carbocycles. The molecule has 3 aliphatic heterocycles. The Morgan fingerprint density at radius 2 is 1.96 bits per heavy atom. The van der Waals surface area contributed by atoms with Gasteiger partial charge in [-0.1, -0.05) is 42.3 Å². The van der Waals surface area contributed by atoms with Gasteiger partial charge in [0, 0.05) is 55.3 Å². The van der Waals surface area contributed by atoms with E-state index in [0.717, 1.165) is 38.4 Å². The van der Waals surface area contributed by atoms with Gasteiger partial charge in [-0.3, -0.25) is 0 Å². The maximum absolute atomic E-state index is 5.05. The molecule has 132 valence electrons. The molecular formula is C19H24N4S2. The summed E-state index contributed by atoms with van der Waals surface area (Å²) in [6.07, 6.45) is 3.73. The molecule has 0 spiro atoms. The number of rotatable bonds is 4. The molecule has 1 N–H and O–H groups in total. The largest absolute Gasteiger partial charge is 0.340 e. The van der Waals surface area contributed by atoms with Crippen molar-refractivity contribution >= 4 is 28.4 Å². The number of anilines is 1. The van der Waals surface area contributed by atoms with Crippen molar-refractivity contribution in [3.8, 4) is 0 Å². The van der Waals surface area contributed by atoms with Gasteiger partial charge in [-0.15, -0.1) is 11.3 Å². The van der Waals surface area contributed by atoms with E-state index in [1.807, 2.05) is 23.3 Å². The van der Waals surface area contributed by atoms with E-state index in [-0.39, 0.29) is 0 Å². The number of piperazine rings is 1. The Hall–Kier alpha value is -1.08.